The molecule has 4 nitrogen and oxygen atoms in total. The second-order valence-electron chi connectivity index (χ2n) is 2.67. The molecule has 0 aromatic rings. The van der Waals surface area contributed by atoms with Crippen LogP contribution < -0.4 is 5.32 Å². The molecule has 2 rings (SSSR count). The Hall–Kier alpha value is -0.290. The Morgan fingerprint density at radius 2 is 2.60 bits per heavy atom. The highest BCUT2D eigenvalue weighted by molar-refractivity contribution is 8.01. The van der Waals surface area contributed by atoms with Crippen LogP contribution in [0.1, 0.15) is 6.42 Å². The lowest BCUT2D eigenvalue weighted by atomic mass is 10.6. The molecule has 1 saturated heterocycles. The number of nitrogens with one attached hydrogen (secondary N) is 1. The lowest BCUT2D eigenvalue weighted by molar-refractivity contribution is -0.497. The number of hydrogen-bond acceptors (Lipinski definition) is 4. The molecule has 0 aromatic heterocycles. The normalized spacial score (nSPS) is 44.2. The maximum atomic E-state index is 10.3. The van der Waals surface area contributed by atoms with Crippen LogP contribution in [0.3, 0.4) is 0 Å². The van der Waals surface area contributed by atoms with Gasteiger partial charge in [0.15, 0.2) is 0 Å². The first-order chi connectivity index (χ1) is 4.75. The third-order valence-corrected chi connectivity index (χ3v) is 3.52. The highest BCUT2D eigenvalue weighted by atomic mass is 32.2. The summed E-state index contributed by atoms with van der Waals surface area (Å²) in [7, 11) is 0. The Morgan fingerprint density at radius 1 is 1.80 bits per heavy atom. The summed E-state index contributed by atoms with van der Waals surface area (Å²) in [5.41, 5.74) is 0. The van der Waals surface area contributed by atoms with E-state index in [1.54, 1.807) is 11.8 Å². The zero-order valence-corrected chi connectivity index (χ0v) is 6.19. The van der Waals surface area contributed by atoms with Crippen LogP contribution in [-0.2, 0) is 0 Å². The number of hydrogen-bond donors (Lipinski definition) is 1. The van der Waals surface area contributed by atoms with Gasteiger partial charge in [0.05, 0.1) is 6.42 Å². The average molecular weight is 160 g/mol. The predicted molar refractivity (Wildman–Crippen MR) is 38.6 cm³/mol. The Balaban J connectivity index is 2.04. The minimum absolute atomic E-state index is 0.149. The van der Waals surface area contributed by atoms with Gasteiger partial charge >= 0.3 is 0 Å². The highest BCUT2D eigenvalue weighted by Gasteiger charge is 2.65. The summed E-state index contributed by atoms with van der Waals surface area (Å²) in [6, 6.07) is -0.319. The van der Waals surface area contributed by atoms with Crippen molar-refractivity contribution in [1.82, 2.24) is 5.32 Å². The number of nitrogens with zero attached hydrogens (tertiary/aromatic N) is 1. The van der Waals surface area contributed by atoms with Crippen molar-refractivity contribution >= 4 is 11.8 Å². The first kappa shape index (κ1) is 6.42. The van der Waals surface area contributed by atoms with Crippen LogP contribution in [0.15, 0.2) is 0 Å². The van der Waals surface area contributed by atoms with Crippen LogP contribution in [0.25, 0.3) is 0 Å². The fourth-order valence-corrected chi connectivity index (χ4v) is 2.69. The quantitative estimate of drug-likeness (QED) is 0.435. The van der Waals surface area contributed by atoms with E-state index >= 15 is 0 Å². The molecule has 2 atom stereocenters. The largest absolute Gasteiger partial charge is 0.296 e. The van der Waals surface area contributed by atoms with Crippen molar-refractivity contribution in [2.24, 2.45) is 0 Å². The van der Waals surface area contributed by atoms with Gasteiger partial charge in [0, 0.05) is 17.2 Å². The van der Waals surface area contributed by atoms with E-state index in [-0.39, 0.29) is 15.8 Å². The first-order valence-corrected chi connectivity index (χ1v) is 4.26. The van der Waals surface area contributed by atoms with E-state index in [2.05, 4.69) is 5.32 Å². The van der Waals surface area contributed by atoms with Crippen LogP contribution in [0.2, 0.25) is 0 Å². The van der Waals surface area contributed by atoms with E-state index in [9.17, 15) is 10.1 Å². The van der Waals surface area contributed by atoms with Gasteiger partial charge in [-0.25, -0.2) is 0 Å². The van der Waals surface area contributed by atoms with Crippen molar-refractivity contribution in [3.05, 3.63) is 10.1 Å². The molecule has 10 heavy (non-hydrogen) atoms. The predicted octanol–water partition coefficient (Wildman–Crippen LogP) is 0.0681. The molecule has 1 saturated carbocycles. The second kappa shape index (κ2) is 1.85. The van der Waals surface area contributed by atoms with Gasteiger partial charge in [-0.2, -0.15) is 0 Å². The van der Waals surface area contributed by atoms with Crippen molar-refractivity contribution in [2.75, 3.05) is 12.3 Å². The molecular weight excluding hydrogens is 152 g/mol. The maximum absolute atomic E-state index is 10.3. The van der Waals surface area contributed by atoms with E-state index in [0.717, 1.165) is 12.3 Å². The van der Waals surface area contributed by atoms with E-state index in [1.165, 1.54) is 0 Å². The number of nitro groups is 1. The fraction of sp³-hybridized carbons (Fsp3) is 1.00. The molecule has 2 fully saturated rings. The lowest BCUT2D eigenvalue weighted by Crippen LogP contribution is -2.28. The minimum Gasteiger partial charge on any atom is -0.296 e. The van der Waals surface area contributed by atoms with Crippen LogP contribution in [0.5, 0.6) is 0 Å². The van der Waals surface area contributed by atoms with Crippen molar-refractivity contribution < 1.29 is 4.92 Å². The summed E-state index contributed by atoms with van der Waals surface area (Å²) in [5.74, 6) is 1.02. The fourth-order valence-electron chi connectivity index (χ4n) is 1.37. The van der Waals surface area contributed by atoms with E-state index < -0.39 is 0 Å². The zero-order valence-electron chi connectivity index (χ0n) is 5.37. The molecule has 56 valence electrons. The third kappa shape index (κ3) is 0.737. The third-order valence-electron chi connectivity index (χ3n) is 2.02. The molecule has 1 spiro atoms. The van der Waals surface area contributed by atoms with Crippen LogP contribution in [-0.4, -0.2) is 28.1 Å². The summed E-state index contributed by atoms with van der Waals surface area (Å²) in [6.45, 7) is 0.926. The van der Waals surface area contributed by atoms with Gasteiger partial charge in [0.25, 0.3) is 0 Å². The van der Waals surface area contributed by atoms with Crippen LogP contribution in [0.4, 0.5) is 0 Å². The summed E-state index contributed by atoms with van der Waals surface area (Å²) in [6.07, 6.45) is 0.713. The second-order valence-corrected chi connectivity index (χ2v) is 4.10. The van der Waals surface area contributed by atoms with E-state index in [4.69, 9.17) is 0 Å². The molecule has 0 bridgehead atoms. The van der Waals surface area contributed by atoms with Crippen LogP contribution in [0, 0.1) is 10.1 Å². The van der Waals surface area contributed by atoms with Gasteiger partial charge in [-0.05, 0) is 0 Å². The van der Waals surface area contributed by atoms with Crippen molar-refractivity contribution in [1.29, 1.82) is 0 Å². The SMILES string of the molecule is O=[N+]([O-])C1CC12NCCS2. The van der Waals surface area contributed by atoms with Gasteiger partial charge in [0.1, 0.15) is 4.87 Å². The summed E-state index contributed by atoms with van der Waals surface area (Å²) in [5, 5.41) is 13.4. The molecule has 5 heteroatoms. The van der Waals surface area contributed by atoms with Crippen molar-refractivity contribution in [2.45, 2.75) is 17.3 Å². The molecule has 0 amide bonds. The average Bonchev–Trinajstić information content (AvgIpc) is 2.32. The standard InChI is InChI=1S/C5H8N2O2S/c8-7(9)4-3-5(4)6-1-2-10-5/h4,6H,1-3H2. The Bertz CT molecular complexity index is 178. The zero-order chi connectivity index (χ0) is 7.19. The maximum Gasteiger partial charge on any atom is 0.243 e. The monoisotopic (exact) mass is 160 g/mol. The van der Waals surface area contributed by atoms with E-state index in [1.807, 2.05) is 0 Å². The Kier molecular flexibility index (Phi) is 1.19. The Labute approximate surface area is 62.5 Å². The molecule has 1 aliphatic heterocycles. The highest BCUT2D eigenvalue weighted by Crippen LogP contribution is 2.50. The van der Waals surface area contributed by atoms with Gasteiger partial charge in [-0.15, -0.1) is 11.8 Å². The molecule has 2 aliphatic rings. The van der Waals surface area contributed by atoms with Crippen LogP contribution >= 0.6 is 11.8 Å². The lowest BCUT2D eigenvalue weighted by Gasteiger charge is -2.01. The molecule has 2 unspecified atom stereocenters. The summed E-state index contributed by atoms with van der Waals surface area (Å²) in [4.78, 5) is 9.95. The topological polar surface area (TPSA) is 55.2 Å². The van der Waals surface area contributed by atoms with Gasteiger partial charge in [-0.3, -0.25) is 15.4 Å². The molecule has 1 aliphatic carbocycles. The summed E-state index contributed by atoms with van der Waals surface area (Å²) < 4.78 is 0. The summed E-state index contributed by atoms with van der Waals surface area (Å²) >= 11 is 1.69. The molecule has 0 aromatic carbocycles. The van der Waals surface area contributed by atoms with Crippen molar-refractivity contribution in [3.8, 4) is 0 Å². The molecule has 0 radical (unpaired) electrons. The van der Waals surface area contributed by atoms with Gasteiger partial charge in [-0.1, -0.05) is 0 Å². The molecular formula is C5H8N2O2S. The molecule has 1 heterocycles. The minimum atomic E-state index is -0.319. The van der Waals surface area contributed by atoms with E-state index in [0.29, 0.717) is 6.42 Å². The first-order valence-electron chi connectivity index (χ1n) is 3.27. The smallest absolute Gasteiger partial charge is 0.243 e. The number of thioether (sulfide) groups is 1. The Morgan fingerprint density at radius 3 is 3.00 bits per heavy atom. The van der Waals surface area contributed by atoms with Gasteiger partial charge in [0.2, 0.25) is 6.04 Å². The van der Waals surface area contributed by atoms with Crippen molar-refractivity contribution in [3.63, 3.8) is 0 Å². The van der Waals surface area contributed by atoms with Gasteiger partial charge < -0.3 is 0 Å². The molecule has 1 N–H and O–H groups in total. The number of rotatable bonds is 1.